The highest BCUT2D eigenvalue weighted by Gasteiger charge is 2.21. The molecule has 0 aliphatic rings. The molecule has 4 N–H and O–H groups in total. The predicted molar refractivity (Wildman–Crippen MR) is 89.1 cm³/mol. The van der Waals surface area contributed by atoms with Gasteiger partial charge in [0, 0.05) is 31.3 Å². The number of carbonyl (C=O) groups excluding carboxylic acids is 3. The Labute approximate surface area is 142 Å². The summed E-state index contributed by atoms with van der Waals surface area (Å²) in [5.41, 5.74) is 5.60. The molecule has 8 nitrogen and oxygen atoms in total. The normalized spacial score (nSPS) is 12.1. The largest absolute Gasteiger partial charge is 0.481 e. The molecule has 0 aliphatic carbocycles. The Hall–Kier alpha value is -1.96. The van der Waals surface area contributed by atoms with Crippen molar-refractivity contribution < 1.29 is 24.3 Å². The summed E-state index contributed by atoms with van der Waals surface area (Å²) in [5, 5.41) is 11.1. The first kappa shape index (κ1) is 22.0. The van der Waals surface area contributed by atoms with E-state index in [1.807, 2.05) is 0 Å². The van der Waals surface area contributed by atoms with Crippen LogP contribution in [0.25, 0.3) is 0 Å². The van der Waals surface area contributed by atoms with Gasteiger partial charge in [0.2, 0.25) is 11.8 Å². The van der Waals surface area contributed by atoms with Gasteiger partial charge in [-0.25, -0.2) is 0 Å². The van der Waals surface area contributed by atoms with Crippen molar-refractivity contribution in [3.63, 3.8) is 0 Å². The number of hydrogen-bond donors (Lipinski definition) is 3. The fourth-order valence-electron chi connectivity index (χ4n) is 1.86. The second kappa shape index (κ2) is 10.7. The molecular formula is C16H29N3O5. The third kappa shape index (κ3) is 8.61. The SMILES string of the molecule is CC(C)C(=O)CN(CCNC(=O)[C@@H](N)CCC(=O)O)C(=O)C(C)C. The minimum Gasteiger partial charge on any atom is -0.481 e. The predicted octanol–water partition coefficient (Wildman–Crippen LogP) is 0.00440. The van der Waals surface area contributed by atoms with Gasteiger partial charge in [-0.15, -0.1) is 0 Å². The van der Waals surface area contributed by atoms with E-state index in [1.54, 1.807) is 27.7 Å². The minimum atomic E-state index is -1.01. The number of carbonyl (C=O) groups is 4. The Morgan fingerprint density at radius 1 is 1.08 bits per heavy atom. The van der Waals surface area contributed by atoms with Crippen LogP contribution in [-0.4, -0.2) is 59.2 Å². The molecule has 0 fully saturated rings. The summed E-state index contributed by atoms with van der Waals surface area (Å²) >= 11 is 0. The number of rotatable bonds is 11. The van der Waals surface area contributed by atoms with Crippen molar-refractivity contribution in [3.05, 3.63) is 0 Å². The number of carboxylic acid groups (broad SMARTS) is 1. The van der Waals surface area contributed by atoms with E-state index < -0.39 is 17.9 Å². The molecule has 0 bridgehead atoms. The molecule has 1 atom stereocenters. The van der Waals surface area contributed by atoms with Crippen LogP contribution in [0, 0.1) is 11.8 Å². The van der Waals surface area contributed by atoms with Crippen molar-refractivity contribution in [2.75, 3.05) is 19.6 Å². The van der Waals surface area contributed by atoms with Gasteiger partial charge in [0.25, 0.3) is 0 Å². The summed E-state index contributed by atoms with van der Waals surface area (Å²) in [6.07, 6.45) is -0.142. The number of ketones is 1. The zero-order valence-electron chi connectivity index (χ0n) is 14.9. The lowest BCUT2D eigenvalue weighted by atomic mass is 10.1. The molecular weight excluding hydrogens is 314 g/mol. The Morgan fingerprint density at radius 3 is 2.12 bits per heavy atom. The molecule has 0 radical (unpaired) electrons. The molecule has 0 heterocycles. The zero-order valence-corrected chi connectivity index (χ0v) is 14.9. The number of nitrogens with two attached hydrogens (primary N) is 1. The summed E-state index contributed by atoms with van der Waals surface area (Å²) < 4.78 is 0. The van der Waals surface area contributed by atoms with E-state index in [9.17, 15) is 19.2 Å². The maximum absolute atomic E-state index is 12.2. The minimum absolute atomic E-state index is 0.00954. The summed E-state index contributed by atoms with van der Waals surface area (Å²) in [5.74, 6) is -2.12. The van der Waals surface area contributed by atoms with Crippen molar-refractivity contribution >= 4 is 23.6 Å². The number of carboxylic acids is 1. The molecule has 24 heavy (non-hydrogen) atoms. The first-order valence-corrected chi connectivity index (χ1v) is 8.12. The number of aliphatic carboxylic acids is 1. The van der Waals surface area contributed by atoms with Gasteiger partial charge < -0.3 is 21.1 Å². The van der Waals surface area contributed by atoms with Crippen LogP contribution in [0.3, 0.4) is 0 Å². The molecule has 8 heteroatoms. The number of nitrogens with one attached hydrogen (secondary N) is 1. The smallest absolute Gasteiger partial charge is 0.303 e. The Bertz CT molecular complexity index is 463. The second-order valence-electron chi connectivity index (χ2n) is 6.37. The molecule has 0 saturated heterocycles. The van der Waals surface area contributed by atoms with Crippen LogP contribution in [0.5, 0.6) is 0 Å². The van der Waals surface area contributed by atoms with E-state index in [2.05, 4.69) is 5.32 Å². The van der Waals surface area contributed by atoms with Gasteiger partial charge in [0.15, 0.2) is 5.78 Å². The maximum atomic E-state index is 12.2. The van der Waals surface area contributed by atoms with E-state index in [1.165, 1.54) is 4.90 Å². The third-order valence-electron chi connectivity index (χ3n) is 3.48. The number of amides is 2. The second-order valence-corrected chi connectivity index (χ2v) is 6.37. The van der Waals surface area contributed by atoms with Crippen molar-refractivity contribution in [1.29, 1.82) is 0 Å². The molecule has 0 aromatic carbocycles. The molecule has 0 spiro atoms. The third-order valence-corrected chi connectivity index (χ3v) is 3.48. The first-order valence-electron chi connectivity index (χ1n) is 8.12. The summed E-state index contributed by atoms with van der Waals surface area (Å²) in [7, 11) is 0. The number of nitrogens with zero attached hydrogens (tertiary/aromatic N) is 1. The maximum Gasteiger partial charge on any atom is 0.303 e. The quantitative estimate of drug-likeness (QED) is 0.484. The fraction of sp³-hybridized carbons (Fsp3) is 0.750. The van der Waals surface area contributed by atoms with Gasteiger partial charge in [-0.3, -0.25) is 19.2 Å². The monoisotopic (exact) mass is 343 g/mol. The average Bonchev–Trinajstić information content (AvgIpc) is 2.49. The van der Waals surface area contributed by atoms with E-state index in [4.69, 9.17) is 10.8 Å². The highest BCUT2D eigenvalue weighted by atomic mass is 16.4. The Morgan fingerprint density at radius 2 is 1.67 bits per heavy atom. The number of Topliss-reactive ketones (excluding diaryl/α,β-unsaturated/α-hetero) is 1. The lowest BCUT2D eigenvalue weighted by Crippen LogP contribution is -2.46. The molecule has 0 aromatic rings. The van der Waals surface area contributed by atoms with Crippen LogP contribution in [0.4, 0.5) is 0 Å². The highest BCUT2D eigenvalue weighted by Crippen LogP contribution is 2.04. The molecule has 0 unspecified atom stereocenters. The van der Waals surface area contributed by atoms with Crippen molar-refractivity contribution in [1.82, 2.24) is 10.2 Å². The topological polar surface area (TPSA) is 130 Å². The van der Waals surface area contributed by atoms with Crippen molar-refractivity contribution in [2.24, 2.45) is 17.6 Å². The highest BCUT2D eigenvalue weighted by molar-refractivity contribution is 5.88. The Kier molecular flexibility index (Phi) is 9.87. The van der Waals surface area contributed by atoms with E-state index in [0.717, 1.165) is 0 Å². The van der Waals surface area contributed by atoms with Crippen LogP contribution in [0.15, 0.2) is 0 Å². The van der Waals surface area contributed by atoms with Crippen molar-refractivity contribution in [3.8, 4) is 0 Å². The summed E-state index contributed by atoms with van der Waals surface area (Å²) in [6, 6.07) is -0.910. The molecule has 0 aliphatic heterocycles. The molecule has 0 rings (SSSR count). The van der Waals surface area contributed by atoms with Crippen molar-refractivity contribution in [2.45, 2.75) is 46.6 Å². The molecule has 0 saturated carbocycles. The molecule has 0 aromatic heterocycles. The van der Waals surface area contributed by atoms with Crippen LogP contribution in [0.2, 0.25) is 0 Å². The fourth-order valence-corrected chi connectivity index (χ4v) is 1.86. The van der Waals surface area contributed by atoms with Gasteiger partial charge in [-0.2, -0.15) is 0 Å². The summed E-state index contributed by atoms with van der Waals surface area (Å²) in [4.78, 5) is 47.7. The van der Waals surface area contributed by atoms with E-state index >= 15 is 0 Å². The Balaban J connectivity index is 4.50. The molecule has 2 amide bonds. The lowest BCUT2D eigenvalue weighted by Gasteiger charge is -2.25. The number of hydrogen-bond acceptors (Lipinski definition) is 5. The van der Waals surface area contributed by atoms with Crippen LogP contribution < -0.4 is 11.1 Å². The van der Waals surface area contributed by atoms with Gasteiger partial charge in [-0.05, 0) is 6.42 Å². The van der Waals surface area contributed by atoms with E-state index in [0.29, 0.717) is 0 Å². The zero-order chi connectivity index (χ0) is 18.9. The lowest BCUT2D eigenvalue weighted by molar-refractivity contribution is -0.139. The van der Waals surface area contributed by atoms with Gasteiger partial charge in [0.05, 0.1) is 12.6 Å². The standard InChI is InChI=1S/C16H29N3O5/c1-10(2)13(20)9-19(16(24)11(3)4)8-7-18-15(23)12(17)5-6-14(21)22/h10-12H,5-9,17H2,1-4H3,(H,18,23)(H,21,22)/t12-/m0/s1. The van der Waals surface area contributed by atoms with E-state index in [-0.39, 0.29) is 56.0 Å². The van der Waals surface area contributed by atoms with Crippen LogP contribution in [0.1, 0.15) is 40.5 Å². The van der Waals surface area contributed by atoms with Gasteiger partial charge in [-0.1, -0.05) is 27.7 Å². The van der Waals surface area contributed by atoms with Gasteiger partial charge in [0.1, 0.15) is 0 Å². The molecule has 138 valence electrons. The first-order chi connectivity index (χ1) is 11.1. The van der Waals surface area contributed by atoms with Crippen LogP contribution >= 0.6 is 0 Å². The van der Waals surface area contributed by atoms with Crippen LogP contribution in [-0.2, 0) is 19.2 Å². The summed E-state index contributed by atoms with van der Waals surface area (Å²) in [6.45, 7) is 7.39. The average molecular weight is 343 g/mol. The van der Waals surface area contributed by atoms with Gasteiger partial charge >= 0.3 is 5.97 Å².